The number of aryl methyl sites for hydroxylation is 1. The molecule has 2 aliphatic heterocycles. The summed E-state index contributed by atoms with van der Waals surface area (Å²) < 4.78 is 19.0. The SMILES string of the molecule is CC(C)CC(=O)c1ccc2c(c1)C1(OC2=O)c2ccc(CC(=O)C(CCCNC(=N)N)NC(=O)C(CC(=O)CCc3ccccc3)Cc3ccccc3)cc2Oc2cc(CC(=O)C(CCCNC(=N)N)NC(=O)C(CC(=O)OCc3ccccc3)Cc3ccccc3)ccc21. The maximum atomic E-state index is 14.9. The molecule has 0 aromatic heterocycles. The van der Waals surface area contributed by atoms with Crippen molar-refractivity contribution in [1.82, 2.24) is 21.3 Å². The number of ketones is 4. The molecule has 2 amide bonds. The Labute approximate surface area is 553 Å². The van der Waals surface area contributed by atoms with Crippen LogP contribution >= 0.6 is 0 Å². The number of carbonyl (C=O) groups excluding carboxylic acids is 8. The van der Waals surface area contributed by atoms with Crippen molar-refractivity contribution < 1.29 is 52.6 Å². The van der Waals surface area contributed by atoms with Crippen molar-refractivity contribution in [1.29, 1.82) is 10.8 Å². The number of rotatable bonds is 34. The van der Waals surface area contributed by atoms with E-state index in [0.717, 1.165) is 22.3 Å². The lowest BCUT2D eigenvalue weighted by Crippen LogP contribution is -2.45. The number of nitrogens with two attached hydrogens (primary N) is 2. The van der Waals surface area contributed by atoms with Gasteiger partial charge in [-0.2, -0.15) is 0 Å². The molecular formula is C76H82N8O11. The van der Waals surface area contributed by atoms with Crippen LogP contribution in [0.15, 0.2) is 176 Å². The van der Waals surface area contributed by atoms with Crippen LogP contribution in [0.3, 0.4) is 0 Å². The number of guanidine groups is 2. The predicted molar refractivity (Wildman–Crippen MR) is 361 cm³/mol. The van der Waals surface area contributed by atoms with Crippen molar-refractivity contribution in [3.8, 4) is 11.5 Å². The minimum absolute atomic E-state index is 0.0128. The molecule has 2 aliphatic rings. The largest absolute Gasteiger partial charge is 0.461 e. The summed E-state index contributed by atoms with van der Waals surface area (Å²) in [6.07, 6.45) is 1.59. The first-order valence-corrected chi connectivity index (χ1v) is 32.3. The van der Waals surface area contributed by atoms with Crippen LogP contribution in [-0.4, -0.2) is 84.0 Å². The lowest BCUT2D eigenvalue weighted by molar-refractivity contribution is -0.148. The van der Waals surface area contributed by atoms with Gasteiger partial charge in [0.05, 0.1) is 30.0 Å². The second kappa shape index (κ2) is 32.8. The second-order valence-corrected chi connectivity index (χ2v) is 24.8. The van der Waals surface area contributed by atoms with E-state index in [1.807, 2.05) is 135 Å². The number of benzene rings is 7. The zero-order chi connectivity index (χ0) is 67.4. The van der Waals surface area contributed by atoms with Gasteiger partial charge in [-0.05, 0) is 109 Å². The fourth-order valence-electron chi connectivity index (χ4n) is 12.2. The van der Waals surface area contributed by atoms with Crippen LogP contribution in [0.4, 0.5) is 0 Å². The van der Waals surface area contributed by atoms with Gasteiger partial charge in [-0.25, -0.2) is 4.79 Å². The molecule has 9 rings (SSSR count). The van der Waals surface area contributed by atoms with Gasteiger partial charge in [0.2, 0.25) is 11.8 Å². The van der Waals surface area contributed by atoms with Crippen molar-refractivity contribution >= 4 is 58.8 Å². The van der Waals surface area contributed by atoms with Crippen molar-refractivity contribution in [2.24, 2.45) is 29.2 Å². The number of Topliss-reactive ketones (excluding diaryl/α,β-unsaturated/α-hetero) is 4. The maximum absolute atomic E-state index is 14.9. The van der Waals surface area contributed by atoms with Gasteiger partial charge in [0.1, 0.15) is 23.9 Å². The quantitative estimate of drug-likeness (QED) is 0.00612. The Morgan fingerprint density at radius 1 is 0.537 bits per heavy atom. The van der Waals surface area contributed by atoms with Gasteiger partial charge in [0.15, 0.2) is 34.9 Å². The number of esters is 2. The van der Waals surface area contributed by atoms with Gasteiger partial charge >= 0.3 is 11.9 Å². The highest BCUT2D eigenvalue weighted by Gasteiger charge is 2.54. The number of ether oxygens (including phenoxy) is 3. The first kappa shape index (κ1) is 68.8. The molecule has 1 spiro atoms. The minimum Gasteiger partial charge on any atom is -0.461 e. The molecule has 19 nitrogen and oxygen atoms in total. The van der Waals surface area contributed by atoms with E-state index in [1.165, 1.54) is 0 Å². The third-order valence-corrected chi connectivity index (χ3v) is 17.0. The van der Waals surface area contributed by atoms with Crippen LogP contribution in [-0.2, 0) is 82.6 Å². The Morgan fingerprint density at radius 2 is 1.01 bits per heavy atom. The van der Waals surface area contributed by atoms with Crippen LogP contribution < -0.4 is 37.5 Å². The summed E-state index contributed by atoms with van der Waals surface area (Å²) in [5.41, 5.74) is 15.6. The Kier molecular flexibility index (Phi) is 23.8. The number of hydrogen-bond acceptors (Lipinski definition) is 13. The van der Waals surface area contributed by atoms with E-state index in [-0.39, 0.29) is 142 Å². The Bertz CT molecular complexity index is 3710. The highest BCUT2D eigenvalue weighted by Crippen LogP contribution is 2.56. The second-order valence-electron chi connectivity index (χ2n) is 24.8. The van der Waals surface area contributed by atoms with E-state index in [9.17, 15) is 38.4 Å². The third-order valence-electron chi connectivity index (χ3n) is 17.0. The van der Waals surface area contributed by atoms with Crippen molar-refractivity contribution in [2.45, 2.75) is 122 Å². The van der Waals surface area contributed by atoms with Gasteiger partial charge in [0, 0.05) is 73.4 Å². The highest BCUT2D eigenvalue weighted by atomic mass is 16.6. The van der Waals surface area contributed by atoms with Crippen molar-refractivity contribution in [2.75, 3.05) is 13.1 Å². The lowest BCUT2D eigenvalue weighted by Gasteiger charge is -2.37. The van der Waals surface area contributed by atoms with Gasteiger partial charge in [0.25, 0.3) is 0 Å². The zero-order valence-corrected chi connectivity index (χ0v) is 53.6. The van der Waals surface area contributed by atoms with E-state index in [2.05, 4.69) is 21.3 Å². The number of hydrogen-bond donors (Lipinski definition) is 8. The summed E-state index contributed by atoms with van der Waals surface area (Å²) in [6, 6.07) is 50.3. The molecule has 0 saturated heterocycles. The standard InChI is InChI=1S/C76H82N8O11/c1-48(2)37-65(86)55-30-32-59-62(45-55)76(95-73(59)92)60-33-28-53(40-66(87)63(25-15-35-81-74(77)78)83-71(90)56(38-50-19-9-4-10-20-50)44-58(85)31-27-49-17-7-3-8-18-49)42-68(60)94-69-43-54(29-34-61(69)76)41-67(88)64(26-16-36-82-75(79)80)84-72(91)57(39-51-21-11-5-12-22-51)46-70(89)93-47-52-23-13-6-14-24-52/h3-14,17-24,28-30,32-34,42-43,45,48,56-57,63-64H,15-16,25-27,31,35-41,44,46-47H2,1-2H3,(H,83,90)(H,84,91)(H4,77,78,81)(H4,79,80,82). The van der Waals surface area contributed by atoms with Crippen LogP contribution in [0.5, 0.6) is 11.5 Å². The van der Waals surface area contributed by atoms with E-state index in [0.29, 0.717) is 52.6 Å². The molecule has 492 valence electrons. The third kappa shape index (κ3) is 18.8. The topological polar surface area (TPSA) is 312 Å². The Hall–Kier alpha value is -10.6. The minimum atomic E-state index is -1.70. The molecule has 10 N–H and O–H groups in total. The Balaban J connectivity index is 1.01. The normalized spacial score (nSPS) is 14.7. The molecule has 5 unspecified atom stereocenters. The van der Waals surface area contributed by atoms with E-state index in [1.54, 1.807) is 54.6 Å². The number of fused-ring (bicyclic) bond motifs is 6. The summed E-state index contributed by atoms with van der Waals surface area (Å²) in [5.74, 6) is -5.04. The van der Waals surface area contributed by atoms with Crippen LogP contribution in [0, 0.1) is 28.6 Å². The van der Waals surface area contributed by atoms with E-state index in [4.69, 9.17) is 36.5 Å². The maximum Gasteiger partial charge on any atom is 0.340 e. The van der Waals surface area contributed by atoms with Gasteiger partial charge in [-0.15, -0.1) is 0 Å². The van der Waals surface area contributed by atoms with Gasteiger partial charge < -0.3 is 46.9 Å². The first-order chi connectivity index (χ1) is 45.8. The number of nitrogens with one attached hydrogen (secondary N) is 6. The molecule has 0 aliphatic carbocycles. The van der Waals surface area contributed by atoms with Gasteiger partial charge in [-0.3, -0.25) is 44.4 Å². The fourth-order valence-corrected chi connectivity index (χ4v) is 12.2. The Morgan fingerprint density at radius 3 is 1.49 bits per heavy atom. The first-order valence-electron chi connectivity index (χ1n) is 32.3. The molecule has 0 bridgehead atoms. The van der Waals surface area contributed by atoms with E-state index < -0.39 is 53.3 Å². The summed E-state index contributed by atoms with van der Waals surface area (Å²) in [7, 11) is 0. The molecule has 0 saturated carbocycles. The number of carbonyl (C=O) groups is 8. The van der Waals surface area contributed by atoms with Crippen LogP contribution in [0.25, 0.3) is 0 Å². The smallest absolute Gasteiger partial charge is 0.340 e. The fraction of sp³-hybridized carbons (Fsp3) is 0.316. The van der Waals surface area contributed by atoms with Gasteiger partial charge in [-0.1, -0.05) is 166 Å². The molecule has 7 aromatic rings. The monoisotopic (exact) mass is 1280 g/mol. The molecular weight excluding hydrogens is 1200 g/mol. The zero-order valence-electron chi connectivity index (χ0n) is 53.6. The highest BCUT2D eigenvalue weighted by molar-refractivity contribution is 6.02. The molecule has 0 fully saturated rings. The van der Waals surface area contributed by atoms with Crippen LogP contribution in [0.2, 0.25) is 0 Å². The van der Waals surface area contributed by atoms with Crippen LogP contribution in [0.1, 0.15) is 136 Å². The average molecular weight is 1280 g/mol. The summed E-state index contributed by atoms with van der Waals surface area (Å²) in [4.78, 5) is 114. The lowest BCUT2D eigenvalue weighted by atomic mass is 9.76. The summed E-state index contributed by atoms with van der Waals surface area (Å²) in [5, 5.41) is 27.0. The summed E-state index contributed by atoms with van der Waals surface area (Å²) in [6.45, 7) is 4.36. The molecule has 2 heterocycles. The number of amides is 2. The molecule has 7 aromatic carbocycles. The van der Waals surface area contributed by atoms with E-state index >= 15 is 0 Å². The van der Waals surface area contributed by atoms with Crippen molar-refractivity contribution in [3.63, 3.8) is 0 Å². The molecule has 0 radical (unpaired) electrons. The van der Waals surface area contributed by atoms with Crippen molar-refractivity contribution in [3.05, 3.63) is 237 Å². The average Bonchev–Trinajstić information content (AvgIpc) is 1.62. The molecule has 5 atom stereocenters. The summed E-state index contributed by atoms with van der Waals surface area (Å²) >= 11 is 0. The predicted octanol–water partition coefficient (Wildman–Crippen LogP) is 9.65. The molecule has 19 heteroatoms. The molecule has 95 heavy (non-hydrogen) atoms.